The average molecular weight is 381 g/mol. The fourth-order valence-corrected chi connectivity index (χ4v) is 2.89. The van der Waals surface area contributed by atoms with Crippen LogP contribution in [0.4, 0.5) is 0 Å². The number of fused-ring (bicyclic) bond motifs is 1. The van der Waals surface area contributed by atoms with E-state index in [1.807, 2.05) is 30.3 Å². The lowest BCUT2D eigenvalue weighted by Crippen LogP contribution is -2.01. The minimum absolute atomic E-state index is 0.567. The van der Waals surface area contributed by atoms with Crippen molar-refractivity contribution >= 4 is 38.5 Å². The number of hydrogen-bond acceptors (Lipinski definition) is 3. The highest BCUT2D eigenvalue weighted by Gasteiger charge is 2.12. The Hall–Kier alpha value is -1.52. The molecule has 0 radical (unpaired) electrons. The van der Waals surface area contributed by atoms with Crippen molar-refractivity contribution in [2.24, 2.45) is 0 Å². The van der Waals surface area contributed by atoms with E-state index < -0.39 is 0 Å². The zero-order chi connectivity index (χ0) is 15.4. The molecule has 0 aliphatic carbocycles. The van der Waals surface area contributed by atoms with E-state index in [-0.39, 0.29) is 0 Å². The van der Waals surface area contributed by atoms with Crippen molar-refractivity contribution in [3.63, 3.8) is 0 Å². The minimum atomic E-state index is 0.567. The van der Waals surface area contributed by atoms with Crippen molar-refractivity contribution in [1.29, 1.82) is 0 Å². The predicted octanol–water partition coefficient (Wildman–Crippen LogP) is 5.04. The lowest BCUT2D eigenvalue weighted by atomic mass is 10.1. The second-order valence-electron chi connectivity index (χ2n) is 4.93. The molecule has 0 aliphatic rings. The van der Waals surface area contributed by atoms with Gasteiger partial charge in [0.05, 0.1) is 17.3 Å². The van der Waals surface area contributed by atoms with E-state index in [9.17, 15) is 0 Å². The Kier molecular flexibility index (Phi) is 5.01. The Morgan fingerprint density at radius 3 is 2.73 bits per heavy atom. The summed E-state index contributed by atoms with van der Waals surface area (Å²) >= 11 is 9.71. The van der Waals surface area contributed by atoms with Gasteiger partial charge >= 0.3 is 0 Å². The van der Waals surface area contributed by atoms with Crippen LogP contribution in [0.3, 0.4) is 0 Å². The van der Waals surface area contributed by atoms with Crippen molar-refractivity contribution in [3.05, 3.63) is 58.7 Å². The van der Waals surface area contributed by atoms with Crippen molar-refractivity contribution in [2.45, 2.75) is 12.8 Å². The Bertz CT molecular complexity index is 758. The van der Waals surface area contributed by atoms with Crippen LogP contribution in [0.5, 0.6) is 5.75 Å². The third-order valence-electron chi connectivity index (χ3n) is 3.42. The Morgan fingerprint density at radius 1 is 1.14 bits per heavy atom. The molecule has 2 aromatic carbocycles. The predicted molar refractivity (Wildman–Crippen MR) is 92.2 cm³/mol. The van der Waals surface area contributed by atoms with E-state index in [0.717, 1.165) is 29.3 Å². The zero-order valence-corrected chi connectivity index (χ0v) is 14.2. The van der Waals surface area contributed by atoms with E-state index in [2.05, 4.69) is 33.2 Å². The molecule has 0 spiro atoms. The van der Waals surface area contributed by atoms with Gasteiger partial charge < -0.3 is 9.26 Å². The largest absolute Gasteiger partial charge is 0.492 e. The molecule has 0 saturated heterocycles. The van der Waals surface area contributed by atoms with Crippen LogP contribution in [0.1, 0.15) is 11.3 Å². The Labute approximate surface area is 142 Å². The molecule has 0 amide bonds. The molecule has 0 saturated carbocycles. The first-order valence-corrected chi connectivity index (χ1v) is 8.58. The van der Waals surface area contributed by atoms with Crippen LogP contribution in [0.15, 0.2) is 47.0 Å². The van der Waals surface area contributed by atoms with Crippen molar-refractivity contribution in [1.82, 2.24) is 5.16 Å². The molecule has 0 atom stereocenters. The summed E-state index contributed by atoms with van der Waals surface area (Å²) in [7, 11) is 0. The van der Waals surface area contributed by atoms with Gasteiger partial charge in [-0.2, -0.15) is 0 Å². The van der Waals surface area contributed by atoms with Gasteiger partial charge in [0, 0.05) is 29.6 Å². The maximum Gasteiger partial charge on any atom is 0.170 e. The van der Waals surface area contributed by atoms with E-state index in [1.165, 1.54) is 5.56 Å². The van der Waals surface area contributed by atoms with Gasteiger partial charge in [-0.25, -0.2) is 0 Å². The SMILES string of the molecule is Clc1cc2c(CCBr)noc2cc1OCCc1ccccc1. The lowest BCUT2D eigenvalue weighted by Gasteiger charge is -2.08. The first-order chi connectivity index (χ1) is 10.8. The van der Waals surface area contributed by atoms with Crippen LogP contribution >= 0.6 is 27.5 Å². The number of aryl methyl sites for hydroxylation is 1. The summed E-state index contributed by atoms with van der Waals surface area (Å²) in [5, 5.41) is 6.44. The molecule has 22 heavy (non-hydrogen) atoms. The molecule has 3 rings (SSSR count). The second kappa shape index (κ2) is 7.16. The van der Waals surface area contributed by atoms with Crippen LogP contribution in [-0.2, 0) is 12.8 Å². The number of aromatic nitrogens is 1. The highest BCUT2D eigenvalue weighted by molar-refractivity contribution is 9.09. The van der Waals surface area contributed by atoms with Gasteiger partial charge in [0.25, 0.3) is 0 Å². The number of hydrogen-bond donors (Lipinski definition) is 0. The summed E-state index contributed by atoms with van der Waals surface area (Å²) in [6.45, 7) is 0.567. The zero-order valence-electron chi connectivity index (χ0n) is 11.9. The molecular weight excluding hydrogens is 366 g/mol. The van der Waals surface area contributed by atoms with Gasteiger partial charge in [-0.15, -0.1) is 0 Å². The average Bonchev–Trinajstić information content (AvgIpc) is 2.91. The van der Waals surface area contributed by atoms with E-state index >= 15 is 0 Å². The van der Waals surface area contributed by atoms with Crippen LogP contribution in [0, 0.1) is 0 Å². The van der Waals surface area contributed by atoms with Crippen molar-refractivity contribution in [3.8, 4) is 5.75 Å². The van der Waals surface area contributed by atoms with E-state index in [1.54, 1.807) is 0 Å². The van der Waals surface area contributed by atoms with Crippen LogP contribution in [0.2, 0.25) is 5.02 Å². The summed E-state index contributed by atoms with van der Waals surface area (Å²) in [6, 6.07) is 13.9. The smallest absolute Gasteiger partial charge is 0.170 e. The molecule has 0 fully saturated rings. The standard InChI is InChI=1S/C17H15BrClNO2/c18-8-6-15-13-10-14(19)17(11-16(13)22-20-15)21-9-7-12-4-2-1-3-5-12/h1-5,10-11H,6-9H2. The first-order valence-electron chi connectivity index (χ1n) is 7.08. The Balaban J connectivity index is 1.72. The molecule has 114 valence electrons. The van der Waals surface area contributed by atoms with E-state index in [0.29, 0.717) is 23.0 Å². The van der Waals surface area contributed by atoms with Crippen molar-refractivity contribution in [2.75, 3.05) is 11.9 Å². The molecule has 3 aromatic rings. The third-order valence-corrected chi connectivity index (χ3v) is 4.11. The molecular formula is C17H15BrClNO2. The number of halogens is 2. The van der Waals surface area contributed by atoms with Gasteiger partial charge in [-0.3, -0.25) is 0 Å². The minimum Gasteiger partial charge on any atom is -0.492 e. The van der Waals surface area contributed by atoms with E-state index in [4.69, 9.17) is 20.9 Å². The fraction of sp³-hybridized carbons (Fsp3) is 0.235. The summed E-state index contributed by atoms with van der Waals surface area (Å²) in [4.78, 5) is 0. The topological polar surface area (TPSA) is 35.3 Å². The monoisotopic (exact) mass is 379 g/mol. The Morgan fingerprint density at radius 2 is 1.95 bits per heavy atom. The van der Waals surface area contributed by atoms with Crippen LogP contribution in [-0.4, -0.2) is 17.1 Å². The number of ether oxygens (including phenoxy) is 1. The maximum absolute atomic E-state index is 6.31. The molecule has 3 nitrogen and oxygen atoms in total. The number of nitrogens with zero attached hydrogens (tertiary/aromatic N) is 1. The maximum atomic E-state index is 6.31. The summed E-state index contributed by atoms with van der Waals surface area (Å²) in [6.07, 6.45) is 1.64. The third kappa shape index (κ3) is 3.45. The van der Waals surface area contributed by atoms with Crippen molar-refractivity contribution < 1.29 is 9.26 Å². The van der Waals surface area contributed by atoms with Gasteiger partial charge in [-0.1, -0.05) is 63.0 Å². The highest BCUT2D eigenvalue weighted by Crippen LogP contribution is 2.32. The van der Waals surface area contributed by atoms with Crippen LogP contribution < -0.4 is 4.74 Å². The molecule has 0 unspecified atom stereocenters. The molecule has 1 aromatic heterocycles. The summed E-state index contributed by atoms with van der Waals surface area (Å²) in [5.74, 6) is 0.631. The van der Waals surface area contributed by atoms with Gasteiger partial charge in [-0.05, 0) is 11.6 Å². The molecule has 0 bridgehead atoms. The lowest BCUT2D eigenvalue weighted by molar-refractivity contribution is 0.321. The van der Waals surface area contributed by atoms with Gasteiger partial charge in [0.15, 0.2) is 5.58 Å². The molecule has 0 aliphatic heterocycles. The quantitative estimate of drug-likeness (QED) is 0.562. The molecule has 1 heterocycles. The number of alkyl halides is 1. The van der Waals surface area contributed by atoms with Gasteiger partial charge in [0.2, 0.25) is 0 Å². The number of rotatable bonds is 6. The highest BCUT2D eigenvalue weighted by atomic mass is 79.9. The fourth-order valence-electron chi connectivity index (χ4n) is 2.29. The number of benzene rings is 2. The van der Waals surface area contributed by atoms with Crippen LogP contribution in [0.25, 0.3) is 11.0 Å². The summed E-state index contributed by atoms with van der Waals surface area (Å²) in [5.41, 5.74) is 2.85. The first kappa shape index (κ1) is 15.4. The second-order valence-corrected chi connectivity index (χ2v) is 6.13. The van der Waals surface area contributed by atoms with Gasteiger partial charge in [0.1, 0.15) is 5.75 Å². The summed E-state index contributed by atoms with van der Waals surface area (Å²) < 4.78 is 11.1. The molecule has 5 heteroatoms. The molecule has 0 N–H and O–H groups in total. The normalized spacial score (nSPS) is 11.0.